The van der Waals surface area contributed by atoms with Gasteiger partial charge in [-0.15, -0.1) is 0 Å². The van der Waals surface area contributed by atoms with E-state index in [2.05, 4.69) is 10.2 Å². The van der Waals surface area contributed by atoms with E-state index in [0.29, 0.717) is 6.42 Å². The van der Waals surface area contributed by atoms with Gasteiger partial charge in [-0.25, -0.2) is 0 Å². The van der Waals surface area contributed by atoms with Crippen LogP contribution >= 0.6 is 0 Å². The van der Waals surface area contributed by atoms with Gasteiger partial charge >= 0.3 is 5.97 Å². The summed E-state index contributed by atoms with van der Waals surface area (Å²) < 4.78 is 0. The summed E-state index contributed by atoms with van der Waals surface area (Å²) in [5.41, 5.74) is 3.05. The maximum absolute atomic E-state index is 10.7. The number of carboxylic acid groups (broad SMARTS) is 1. The van der Waals surface area contributed by atoms with Crippen molar-refractivity contribution in [1.29, 1.82) is 0 Å². The highest BCUT2D eigenvalue weighted by molar-refractivity contribution is 5.83. The largest absolute Gasteiger partial charge is 0.481 e. The van der Waals surface area contributed by atoms with Gasteiger partial charge in [0.15, 0.2) is 0 Å². The molecule has 84 valence electrons. The van der Waals surface area contributed by atoms with Crippen molar-refractivity contribution < 1.29 is 9.90 Å². The number of carbonyl (C=O) groups is 1. The van der Waals surface area contributed by atoms with E-state index in [4.69, 9.17) is 5.11 Å². The minimum absolute atomic E-state index is 0.117. The molecular weight excluding hydrogens is 216 g/mol. The number of rotatable bonds is 3. The summed E-state index contributed by atoms with van der Waals surface area (Å²) in [5.74, 6) is -0.791. The lowest BCUT2D eigenvalue weighted by Crippen LogP contribution is -2.22. The Morgan fingerprint density at radius 2 is 2.29 bits per heavy atom. The maximum Gasteiger partial charge on any atom is 0.303 e. The number of aliphatic carboxylic acids is 1. The van der Waals surface area contributed by atoms with Gasteiger partial charge in [0.05, 0.1) is 11.6 Å². The Morgan fingerprint density at radius 3 is 3.12 bits per heavy atom. The minimum Gasteiger partial charge on any atom is -0.481 e. The molecule has 3 rings (SSSR count). The van der Waals surface area contributed by atoms with Crippen molar-refractivity contribution in [2.45, 2.75) is 12.8 Å². The van der Waals surface area contributed by atoms with Crippen molar-refractivity contribution in [3.05, 3.63) is 39.4 Å². The molecule has 4 nitrogen and oxygen atoms in total. The Kier molecular flexibility index (Phi) is 2.14. The third kappa shape index (κ3) is 1.58. The Bertz CT molecular complexity index is 684. The van der Waals surface area contributed by atoms with E-state index in [0.717, 1.165) is 27.3 Å². The van der Waals surface area contributed by atoms with E-state index in [1.165, 1.54) is 0 Å². The van der Waals surface area contributed by atoms with Crippen LogP contribution in [-0.2, 0) is 11.2 Å². The summed E-state index contributed by atoms with van der Waals surface area (Å²) >= 11 is 0. The van der Waals surface area contributed by atoms with Gasteiger partial charge in [0.2, 0.25) is 0 Å². The van der Waals surface area contributed by atoms with Gasteiger partial charge in [-0.3, -0.25) is 4.79 Å². The molecule has 0 amide bonds. The van der Waals surface area contributed by atoms with Gasteiger partial charge in [0.25, 0.3) is 0 Å². The fourth-order valence-electron chi connectivity index (χ4n) is 2.22. The molecule has 2 aliphatic rings. The third-order valence-corrected chi connectivity index (χ3v) is 2.99. The van der Waals surface area contributed by atoms with Crippen LogP contribution < -0.4 is 10.6 Å². The second-order valence-electron chi connectivity index (χ2n) is 4.06. The van der Waals surface area contributed by atoms with Gasteiger partial charge in [-0.1, -0.05) is 18.2 Å². The molecule has 0 saturated heterocycles. The molecule has 1 aliphatic heterocycles. The summed E-state index contributed by atoms with van der Waals surface area (Å²) in [6, 6.07) is 2.04. The van der Waals surface area contributed by atoms with Gasteiger partial charge in [-0.05, 0) is 28.8 Å². The normalized spacial score (nSPS) is 14.1. The SMILES string of the molecule is O=C(O)CCc1c2c(cc3c1=NN=C3)=CC=C2. The number of fused-ring (bicyclic) bond motifs is 2. The van der Waals surface area contributed by atoms with Crippen LogP contribution in [0.2, 0.25) is 0 Å². The molecule has 0 unspecified atom stereocenters. The average Bonchev–Trinajstić information content (AvgIpc) is 2.90. The topological polar surface area (TPSA) is 62.0 Å². The van der Waals surface area contributed by atoms with E-state index in [1.807, 2.05) is 24.3 Å². The molecule has 17 heavy (non-hydrogen) atoms. The summed E-state index contributed by atoms with van der Waals surface area (Å²) in [7, 11) is 0. The van der Waals surface area contributed by atoms with Crippen LogP contribution in [0, 0.1) is 0 Å². The highest BCUT2D eigenvalue weighted by Crippen LogP contribution is 2.11. The van der Waals surface area contributed by atoms with Gasteiger partial charge in [-0.2, -0.15) is 10.2 Å². The average molecular weight is 226 g/mol. The highest BCUT2D eigenvalue weighted by Gasteiger charge is 2.14. The number of benzene rings is 1. The summed E-state index contributed by atoms with van der Waals surface area (Å²) in [5, 5.41) is 18.7. The molecule has 0 spiro atoms. The number of nitrogens with zero attached hydrogens (tertiary/aromatic N) is 2. The van der Waals surface area contributed by atoms with Crippen molar-refractivity contribution in [3.63, 3.8) is 0 Å². The third-order valence-electron chi connectivity index (χ3n) is 2.99. The molecule has 1 aromatic rings. The Balaban J connectivity index is 2.17. The standard InChI is InChI=1S/C13H10N2O2/c16-12(17)5-4-11-10-3-1-2-8(10)6-9-7-14-15-13(9)11/h1-3,6-7H,4-5H2,(H,16,17). The van der Waals surface area contributed by atoms with Crippen LogP contribution in [0.3, 0.4) is 0 Å². The predicted molar refractivity (Wildman–Crippen MR) is 64.3 cm³/mol. The molecule has 1 N–H and O–H groups in total. The van der Waals surface area contributed by atoms with Crippen molar-refractivity contribution in [1.82, 2.24) is 0 Å². The smallest absolute Gasteiger partial charge is 0.303 e. The lowest BCUT2D eigenvalue weighted by molar-refractivity contribution is -0.136. The molecule has 4 heteroatoms. The second kappa shape index (κ2) is 3.66. The minimum atomic E-state index is -0.791. The molecule has 0 bridgehead atoms. The van der Waals surface area contributed by atoms with Crippen molar-refractivity contribution in [3.8, 4) is 0 Å². The van der Waals surface area contributed by atoms with Crippen molar-refractivity contribution in [2.24, 2.45) is 10.2 Å². The van der Waals surface area contributed by atoms with E-state index in [1.54, 1.807) is 6.21 Å². The molecule has 0 saturated carbocycles. The van der Waals surface area contributed by atoms with Crippen LogP contribution in [0.25, 0.3) is 12.2 Å². The van der Waals surface area contributed by atoms with Crippen LogP contribution in [0.4, 0.5) is 0 Å². The molecule has 0 radical (unpaired) electrons. The lowest BCUT2D eigenvalue weighted by Gasteiger charge is -2.05. The highest BCUT2D eigenvalue weighted by atomic mass is 16.4. The molecule has 0 atom stereocenters. The van der Waals surface area contributed by atoms with Crippen LogP contribution in [0.15, 0.2) is 22.3 Å². The summed E-state index contributed by atoms with van der Waals surface area (Å²) in [4.78, 5) is 10.7. The molecule has 1 heterocycles. The zero-order valence-electron chi connectivity index (χ0n) is 9.05. The first-order valence-electron chi connectivity index (χ1n) is 5.43. The van der Waals surface area contributed by atoms with E-state index < -0.39 is 5.97 Å². The zero-order chi connectivity index (χ0) is 11.8. The molecule has 0 fully saturated rings. The fourth-order valence-corrected chi connectivity index (χ4v) is 2.22. The number of hydrogen-bond acceptors (Lipinski definition) is 3. The number of hydrogen-bond donors (Lipinski definition) is 1. The quantitative estimate of drug-likeness (QED) is 0.814. The first-order valence-corrected chi connectivity index (χ1v) is 5.43. The fraction of sp³-hybridized carbons (Fsp3) is 0.154. The van der Waals surface area contributed by atoms with Crippen molar-refractivity contribution in [2.75, 3.05) is 0 Å². The van der Waals surface area contributed by atoms with E-state index in [-0.39, 0.29) is 6.42 Å². The molecule has 1 aromatic carbocycles. The van der Waals surface area contributed by atoms with Gasteiger partial charge in [0.1, 0.15) is 0 Å². The number of allylic oxidation sites excluding steroid dienone is 1. The Labute approximate surface area is 97.3 Å². The van der Waals surface area contributed by atoms with Gasteiger partial charge in [0, 0.05) is 12.0 Å². The predicted octanol–water partition coefficient (Wildman–Crippen LogP) is 0.478. The molecule has 1 aliphatic carbocycles. The Hall–Kier alpha value is -2.23. The van der Waals surface area contributed by atoms with Crippen molar-refractivity contribution >= 4 is 24.3 Å². The Morgan fingerprint density at radius 1 is 1.41 bits per heavy atom. The first-order chi connectivity index (χ1) is 8.25. The van der Waals surface area contributed by atoms with Crippen LogP contribution in [0.1, 0.15) is 23.1 Å². The van der Waals surface area contributed by atoms with Gasteiger partial charge < -0.3 is 5.11 Å². The van der Waals surface area contributed by atoms with E-state index in [9.17, 15) is 4.79 Å². The van der Waals surface area contributed by atoms with E-state index >= 15 is 0 Å². The monoisotopic (exact) mass is 226 g/mol. The molecule has 0 aromatic heterocycles. The second-order valence-corrected chi connectivity index (χ2v) is 4.06. The summed E-state index contributed by atoms with van der Waals surface area (Å²) in [6.07, 6.45) is 8.32. The maximum atomic E-state index is 10.7. The molecular formula is C13H10N2O2. The van der Waals surface area contributed by atoms with Crippen LogP contribution in [0.5, 0.6) is 0 Å². The lowest BCUT2D eigenvalue weighted by atomic mass is 9.98. The summed E-state index contributed by atoms with van der Waals surface area (Å²) in [6.45, 7) is 0. The zero-order valence-corrected chi connectivity index (χ0v) is 9.05. The first kappa shape index (κ1) is 9.96. The number of carboxylic acids is 1. The van der Waals surface area contributed by atoms with Crippen LogP contribution in [-0.4, -0.2) is 17.3 Å².